The largest absolute Gasteiger partial charge is 0.496 e. The van der Waals surface area contributed by atoms with Crippen LogP contribution in [0, 0.1) is 17.3 Å². The van der Waals surface area contributed by atoms with Gasteiger partial charge in [0.25, 0.3) is 0 Å². The van der Waals surface area contributed by atoms with Crippen molar-refractivity contribution in [2.45, 2.75) is 58.3 Å². The van der Waals surface area contributed by atoms with Crippen LogP contribution in [0.5, 0.6) is 11.5 Å². The minimum atomic E-state index is -0.0584. The van der Waals surface area contributed by atoms with Gasteiger partial charge in [0.2, 0.25) is 0 Å². The molecule has 0 aliphatic heterocycles. The molecule has 24 heavy (non-hydrogen) atoms. The minimum absolute atomic E-state index is 0.0584. The molecule has 0 bridgehead atoms. The number of carbonyl (C=O) groups excluding carboxylic acids is 1. The Morgan fingerprint density at radius 1 is 1.21 bits per heavy atom. The van der Waals surface area contributed by atoms with Crippen molar-refractivity contribution >= 4 is 5.78 Å². The number of ketones is 1. The second-order valence-corrected chi connectivity index (χ2v) is 7.96. The zero-order chi connectivity index (χ0) is 16.9. The number of rotatable bonds is 3. The van der Waals surface area contributed by atoms with Crippen LogP contribution in [0.25, 0.3) is 0 Å². The zero-order valence-corrected chi connectivity index (χ0v) is 15.1. The summed E-state index contributed by atoms with van der Waals surface area (Å²) in [6.45, 7) is 4.92. The third-order valence-corrected chi connectivity index (χ3v) is 7.00. The van der Waals surface area contributed by atoms with Crippen molar-refractivity contribution < 1.29 is 14.3 Å². The van der Waals surface area contributed by atoms with Crippen LogP contribution in [0.3, 0.4) is 0 Å². The highest BCUT2D eigenvalue weighted by Crippen LogP contribution is 2.60. The van der Waals surface area contributed by atoms with Gasteiger partial charge < -0.3 is 9.47 Å². The second kappa shape index (κ2) is 5.79. The summed E-state index contributed by atoms with van der Waals surface area (Å²) in [5.41, 5.74) is 2.74. The molecule has 0 saturated heterocycles. The molecule has 130 valence electrons. The van der Waals surface area contributed by atoms with Crippen molar-refractivity contribution in [2.24, 2.45) is 17.3 Å². The van der Waals surface area contributed by atoms with E-state index in [1.54, 1.807) is 7.11 Å². The Morgan fingerprint density at radius 2 is 2.04 bits per heavy atom. The highest BCUT2D eigenvalue weighted by Gasteiger charge is 2.54. The molecular formula is C21H28O3. The van der Waals surface area contributed by atoms with Gasteiger partial charge in [-0.25, -0.2) is 0 Å². The molecule has 3 heteroatoms. The maximum absolute atomic E-state index is 12.4. The van der Waals surface area contributed by atoms with Gasteiger partial charge in [0.05, 0.1) is 13.7 Å². The van der Waals surface area contributed by atoms with Gasteiger partial charge in [0, 0.05) is 23.5 Å². The van der Waals surface area contributed by atoms with E-state index in [9.17, 15) is 4.79 Å². The fourth-order valence-corrected chi connectivity index (χ4v) is 5.84. The number of hydrogen-bond donors (Lipinski definition) is 0. The molecule has 1 aromatic rings. The van der Waals surface area contributed by atoms with Crippen molar-refractivity contribution in [3.05, 3.63) is 23.3 Å². The monoisotopic (exact) mass is 328 g/mol. The van der Waals surface area contributed by atoms with E-state index in [0.717, 1.165) is 43.6 Å². The number of methoxy groups -OCH3 is 1. The Balaban J connectivity index is 1.73. The molecule has 2 saturated carbocycles. The summed E-state index contributed by atoms with van der Waals surface area (Å²) < 4.78 is 11.5. The van der Waals surface area contributed by atoms with E-state index in [1.165, 1.54) is 17.5 Å². The first kappa shape index (κ1) is 16.0. The lowest BCUT2D eigenvalue weighted by Gasteiger charge is -2.48. The Morgan fingerprint density at radius 3 is 2.79 bits per heavy atom. The molecule has 0 aromatic heterocycles. The molecule has 0 heterocycles. The van der Waals surface area contributed by atoms with E-state index in [-0.39, 0.29) is 5.41 Å². The summed E-state index contributed by atoms with van der Waals surface area (Å²) in [6.07, 6.45) is 6.30. The quantitative estimate of drug-likeness (QED) is 0.818. The van der Waals surface area contributed by atoms with Gasteiger partial charge in [0.15, 0.2) is 0 Å². The Labute approximate surface area is 144 Å². The fourth-order valence-electron chi connectivity index (χ4n) is 5.84. The van der Waals surface area contributed by atoms with E-state index >= 15 is 0 Å². The SMILES string of the molecule is CCOc1cc2c(c(OC)c1)[C@H]1CC[C@]3(C)C(=O)CC[C@H]3[C@H]1CC2. The van der Waals surface area contributed by atoms with Crippen LogP contribution in [-0.2, 0) is 11.2 Å². The van der Waals surface area contributed by atoms with Crippen LogP contribution in [0.15, 0.2) is 12.1 Å². The number of Topliss-reactive ketones (excluding diaryl/α,β-unsaturated/α-hetero) is 1. The van der Waals surface area contributed by atoms with Crippen LogP contribution >= 0.6 is 0 Å². The first-order valence-electron chi connectivity index (χ1n) is 9.45. The van der Waals surface area contributed by atoms with Crippen LogP contribution < -0.4 is 9.47 Å². The van der Waals surface area contributed by atoms with Crippen molar-refractivity contribution in [1.29, 1.82) is 0 Å². The Kier molecular flexibility index (Phi) is 3.85. The molecule has 3 aliphatic carbocycles. The normalized spacial score (nSPS) is 34.3. The van der Waals surface area contributed by atoms with E-state index in [4.69, 9.17) is 9.47 Å². The lowest BCUT2D eigenvalue weighted by atomic mass is 9.55. The van der Waals surface area contributed by atoms with E-state index in [2.05, 4.69) is 19.1 Å². The lowest BCUT2D eigenvalue weighted by Crippen LogP contribution is -2.42. The molecule has 4 atom stereocenters. The van der Waals surface area contributed by atoms with Gasteiger partial charge in [-0.1, -0.05) is 6.92 Å². The van der Waals surface area contributed by atoms with Gasteiger partial charge in [0.1, 0.15) is 17.3 Å². The molecule has 1 aromatic carbocycles. The van der Waals surface area contributed by atoms with Gasteiger partial charge in [-0.15, -0.1) is 0 Å². The number of benzene rings is 1. The number of aryl methyl sites for hydroxylation is 1. The predicted octanol–water partition coefficient (Wildman–Crippen LogP) is 4.52. The minimum Gasteiger partial charge on any atom is -0.496 e. The molecule has 0 spiro atoms. The highest BCUT2D eigenvalue weighted by molar-refractivity contribution is 5.87. The topological polar surface area (TPSA) is 35.5 Å². The summed E-state index contributed by atoms with van der Waals surface area (Å²) >= 11 is 0. The van der Waals surface area contributed by atoms with E-state index in [0.29, 0.717) is 30.1 Å². The summed E-state index contributed by atoms with van der Waals surface area (Å²) in [6, 6.07) is 4.27. The Bertz CT molecular complexity index is 648. The predicted molar refractivity (Wildman–Crippen MR) is 93.8 cm³/mol. The molecule has 0 N–H and O–H groups in total. The third-order valence-electron chi connectivity index (χ3n) is 7.00. The summed E-state index contributed by atoms with van der Waals surface area (Å²) in [4.78, 5) is 12.4. The standard InChI is InChI=1S/C21H28O3/c1-4-24-14-11-13-5-6-15-16(20(13)18(12-14)23-3)9-10-21(2)17(15)7-8-19(21)22/h11-12,15-17H,4-10H2,1-3H3/t15-,16-,17-,21-/m0/s1. The maximum Gasteiger partial charge on any atom is 0.139 e. The van der Waals surface area contributed by atoms with Gasteiger partial charge in [-0.05, 0) is 68.4 Å². The number of ether oxygens (including phenoxy) is 2. The average molecular weight is 328 g/mol. The fraction of sp³-hybridized carbons (Fsp3) is 0.667. The molecule has 0 amide bonds. The Hall–Kier alpha value is -1.51. The first-order chi connectivity index (χ1) is 11.6. The molecule has 3 aliphatic rings. The maximum atomic E-state index is 12.4. The van der Waals surface area contributed by atoms with Crippen LogP contribution in [0.2, 0.25) is 0 Å². The molecule has 0 unspecified atom stereocenters. The van der Waals surface area contributed by atoms with Crippen LogP contribution in [-0.4, -0.2) is 19.5 Å². The number of carbonyl (C=O) groups is 1. The zero-order valence-electron chi connectivity index (χ0n) is 15.1. The first-order valence-corrected chi connectivity index (χ1v) is 9.45. The van der Waals surface area contributed by atoms with Crippen molar-refractivity contribution in [3.8, 4) is 11.5 Å². The molecule has 0 radical (unpaired) electrons. The van der Waals surface area contributed by atoms with Crippen LogP contribution in [0.1, 0.15) is 63.0 Å². The van der Waals surface area contributed by atoms with E-state index in [1.807, 2.05) is 6.92 Å². The summed E-state index contributed by atoms with van der Waals surface area (Å²) in [5, 5.41) is 0. The van der Waals surface area contributed by atoms with Gasteiger partial charge >= 0.3 is 0 Å². The number of fused-ring (bicyclic) bond motifs is 5. The van der Waals surface area contributed by atoms with Crippen molar-refractivity contribution in [3.63, 3.8) is 0 Å². The summed E-state index contributed by atoms with van der Waals surface area (Å²) in [5.74, 6) is 4.16. The molecule has 3 nitrogen and oxygen atoms in total. The van der Waals surface area contributed by atoms with Crippen molar-refractivity contribution in [1.82, 2.24) is 0 Å². The van der Waals surface area contributed by atoms with E-state index < -0.39 is 0 Å². The third kappa shape index (κ3) is 2.20. The van der Waals surface area contributed by atoms with Gasteiger partial charge in [-0.2, -0.15) is 0 Å². The summed E-state index contributed by atoms with van der Waals surface area (Å²) in [7, 11) is 1.76. The average Bonchev–Trinajstić information content (AvgIpc) is 2.89. The highest BCUT2D eigenvalue weighted by atomic mass is 16.5. The van der Waals surface area contributed by atoms with Crippen molar-refractivity contribution in [2.75, 3.05) is 13.7 Å². The van der Waals surface area contributed by atoms with Crippen LogP contribution in [0.4, 0.5) is 0 Å². The smallest absolute Gasteiger partial charge is 0.139 e. The number of hydrogen-bond acceptors (Lipinski definition) is 3. The molecule has 4 rings (SSSR count). The lowest BCUT2D eigenvalue weighted by molar-refractivity contribution is -0.129. The molecule has 2 fully saturated rings. The second-order valence-electron chi connectivity index (χ2n) is 7.96. The van der Waals surface area contributed by atoms with Gasteiger partial charge in [-0.3, -0.25) is 4.79 Å². The molecular weight excluding hydrogens is 300 g/mol.